The van der Waals surface area contributed by atoms with Gasteiger partial charge in [0.25, 0.3) is 5.69 Å². The van der Waals surface area contributed by atoms with Crippen LogP contribution in [0.4, 0.5) is 5.69 Å². The summed E-state index contributed by atoms with van der Waals surface area (Å²) in [5.41, 5.74) is 2.42. The summed E-state index contributed by atoms with van der Waals surface area (Å²) in [6.45, 7) is 2.05. The Balaban J connectivity index is 2.14. The molecular weight excluding hydrogens is 266 g/mol. The highest BCUT2D eigenvalue weighted by atomic mass is 16.6. The SMILES string of the molecule is CCc1ccc(C(=O)C=Cc2cccc([N+](=O)[O-])c2)cc1. The van der Waals surface area contributed by atoms with Gasteiger partial charge < -0.3 is 0 Å². The second-order valence-electron chi connectivity index (χ2n) is 4.60. The number of nitro groups is 1. The van der Waals surface area contributed by atoms with E-state index >= 15 is 0 Å². The lowest BCUT2D eigenvalue weighted by Gasteiger charge is -1.99. The van der Waals surface area contributed by atoms with Gasteiger partial charge in [0, 0.05) is 17.7 Å². The zero-order chi connectivity index (χ0) is 15.2. The molecule has 2 aromatic carbocycles. The molecule has 0 N–H and O–H groups in total. The third kappa shape index (κ3) is 3.86. The average molecular weight is 281 g/mol. The maximum atomic E-state index is 12.0. The number of carbonyl (C=O) groups is 1. The second kappa shape index (κ2) is 6.61. The molecule has 0 unspecified atom stereocenters. The number of nitro benzene ring substituents is 1. The fourth-order valence-electron chi connectivity index (χ4n) is 1.91. The third-order valence-corrected chi connectivity index (χ3v) is 3.15. The minimum atomic E-state index is -0.456. The number of non-ortho nitro benzene ring substituents is 1. The summed E-state index contributed by atoms with van der Waals surface area (Å²) >= 11 is 0. The van der Waals surface area contributed by atoms with E-state index in [0.29, 0.717) is 11.1 Å². The summed E-state index contributed by atoms with van der Waals surface area (Å²) in [6, 6.07) is 13.6. The van der Waals surface area contributed by atoms with E-state index in [9.17, 15) is 14.9 Å². The van der Waals surface area contributed by atoms with Crippen molar-refractivity contribution >= 4 is 17.5 Å². The van der Waals surface area contributed by atoms with Gasteiger partial charge in [0.05, 0.1) is 4.92 Å². The number of nitrogens with zero attached hydrogens (tertiary/aromatic N) is 1. The molecule has 2 aromatic rings. The van der Waals surface area contributed by atoms with Crippen molar-refractivity contribution in [3.8, 4) is 0 Å². The molecule has 2 rings (SSSR count). The van der Waals surface area contributed by atoms with Crippen LogP contribution in [-0.4, -0.2) is 10.7 Å². The lowest BCUT2D eigenvalue weighted by molar-refractivity contribution is -0.384. The fraction of sp³-hybridized carbons (Fsp3) is 0.118. The quantitative estimate of drug-likeness (QED) is 0.359. The van der Waals surface area contributed by atoms with Gasteiger partial charge in [-0.15, -0.1) is 0 Å². The summed E-state index contributed by atoms with van der Waals surface area (Å²) in [4.78, 5) is 22.2. The number of allylic oxidation sites excluding steroid dienone is 1. The lowest BCUT2D eigenvalue weighted by atomic mass is 10.1. The molecule has 0 radical (unpaired) electrons. The Kier molecular flexibility index (Phi) is 4.61. The van der Waals surface area contributed by atoms with Gasteiger partial charge in [-0.2, -0.15) is 0 Å². The predicted molar refractivity (Wildman–Crippen MR) is 82.3 cm³/mol. The van der Waals surface area contributed by atoms with E-state index in [4.69, 9.17) is 0 Å². The highest BCUT2D eigenvalue weighted by Crippen LogP contribution is 2.15. The highest BCUT2D eigenvalue weighted by molar-refractivity contribution is 6.06. The van der Waals surface area contributed by atoms with E-state index in [1.807, 2.05) is 12.1 Å². The number of rotatable bonds is 5. The number of ketones is 1. The fourth-order valence-corrected chi connectivity index (χ4v) is 1.91. The van der Waals surface area contributed by atoms with Crippen molar-refractivity contribution in [2.75, 3.05) is 0 Å². The average Bonchev–Trinajstić information content (AvgIpc) is 2.53. The molecule has 0 fully saturated rings. The van der Waals surface area contributed by atoms with Crippen molar-refractivity contribution in [1.82, 2.24) is 0 Å². The molecule has 0 saturated heterocycles. The lowest BCUT2D eigenvalue weighted by Crippen LogP contribution is -1.94. The summed E-state index contributed by atoms with van der Waals surface area (Å²) in [7, 11) is 0. The van der Waals surface area contributed by atoms with Gasteiger partial charge in [0.1, 0.15) is 0 Å². The van der Waals surface area contributed by atoms with Crippen LogP contribution < -0.4 is 0 Å². The van der Waals surface area contributed by atoms with E-state index in [-0.39, 0.29) is 11.5 Å². The topological polar surface area (TPSA) is 60.2 Å². The van der Waals surface area contributed by atoms with Crippen LogP contribution in [0, 0.1) is 10.1 Å². The highest BCUT2D eigenvalue weighted by Gasteiger charge is 2.05. The predicted octanol–water partition coefficient (Wildman–Crippen LogP) is 4.05. The first-order valence-electron chi connectivity index (χ1n) is 6.66. The Bertz CT molecular complexity index is 687. The molecule has 0 spiro atoms. The van der Waals surface area contributed by atoms with Gasteiger partial charge in [-0.05, 0) is 23.6 Å². The van der Waals surface area contributed by atoms with E-state index in [0.717, 1.165) is 6.42 Å². The number of hydrogen-bond donors (Lipinski definition) is 0. The van der Waals surface area contributed by atoms with Crippen molar-refractivity contribution in [3.63, 3.8) is 0 Å². The molecule has 0 heterocycles. The number of benzene rings is 2. The van der Waals surface area contributed by atoms with Gasteiger partial charge in [0.2, 0.25) is 0 Å². The van der Waals surface area contributed by atoms with Crippen molar-refractivity contribution < 1.29 is 9.72 Å². The summed E-state index contributed by atoms with van der Waals surface area (Å²) in [5, 5.41) is 10.7. The van der Waals surface area contributed by atoms with Gasteiger partial charge in [-0.1, -0.05) is 49.4 Å². The first-order chi connectivity index (χ1) is 10.1. The minimum Gasteiger partial charge on any atom is -0.289 e. The summed E-state index contributed by atoms with van der Waals surface area (Å²) in [5.74, 6) is -0.121. The summed E-state index contributed by atoms with van der Waals surface area (Å²) < 4.78 is 0. The number of hydrogen-bond acceptors (Lipinski definition) is 3. The molecule has 0 aliphatic heterocycles. The first-order valence-corrected chi connectivity index (χ1v) is 6.66. The van der Waals surface area contributed by atoms with Crippen LogP contribution in [0.2, 0.25) is 0 Å². The Labute approximate surface area is 122 Å². The molecule has 0 atom stereocenters. The molecule has 4 heteroatoms. The summed E-state index contributed by atoms with van der Waals surface area (Å²) in [6.07, 6.45) is 3.95. The zero-order valence-electron chi connectivity index (χ0n) is 11.7. The van der Waals surface area contributed by atoms with Crippen LogP contribution in [-0.2, 0) is 6.42 Å². The minimum absolute atomic E-state index is 0.0110. The van der Waals surface area contributed by atoms with Crippen molar-refractivity contribution in [2.45, 2.75) is 13.3 Å². The Hall–Kier alpha value is -2.75. The molecule has 0 saturated carbocycles. The van der Waals surface area contributed by atoms with Gasteiger partial charge in [0.15, 0.2) is 5.78 Å². The van der Waals surface area contributed by atoms with Crippen LogP contribution in [0.25, 0.3) is 6.08 Å². The largest absolute Gasteiger partial charge is 0.289 e. The maximum absolute atomic E-state index is 12.0. The van der Waals surface area contributed by atoms with Crippen molar-refractivity contribution in [1.29, 1.82) is 0 Å². The monoisotopic (exact) mass is 281 g/mol. The van der Waals surface area contributed by atoms with Gasteiger partial charge in [-0.25, -0.2) is 0 Å². The number of carbonyl (C=O) groups excluding carboxylic acids is 1. The molecular formula is C17H15NO3. The van der Waals surface area contributed by atoms with E-state index in [1.165, 1.54) is 23.8 Å². The Morgan fingerprint density at radius 3 is 2.52 bits per heavy atom. The van der Waals surface area contributed by atoms with Crippen molar-refractivity contribution in [3.05, 3.63) is 81.4 Å². The molecule has 0 amide bonds. The molecule has 21 heavy (non-hydrogen) atoms. The molecule has 0 aromatic heterocycles. The molecule has 106 valence electrons. The van der Waals surface area contributed by atoms with Crippen LogP contribution in [0.1, 0.15) is 28.4 Å². The third-order valence-electron chi connectivity index (χ3n) is 3.15. The van der Waals surface area contributed by atoms with E-state index in [2.05, 4.69) is 6.92 Å². The Morgan fingerprint density at radius 2 is 1.90 bits per heavy atom. The second-order valence-corrected chi connectivity index (χ2v) is 4.60. The van der Waals surface area contributed by atoms with Crippen LogP contribution in [0.3, 0.4) is 0 Å². The maximum Gasteiger partial charge on any atom is 0.270 e. The normalized spacial score (nSPS) is 10.7. The van der Waals surface area contributed by atoms with Gasteiger partial charge >= 0.3 is 0 Å². The number of aryl methyl sites for hydroxylation is 1. The molecule has 0 aliphatic carbocycles. The molecule has 0 bridgehead atoms. The first kappa shape index (κ1) is 14.7. The molecule has 0 aliphatic rings. The standard InChI is InChI=1S/C17H15NO3/c1-2-13-6-9-15(10-7-13)17(19)11-8-14-4-3-5-16(12-14)18(20)21/h3-12H,2H2,1H3. The van der Waals surface area contributed by atoms with Crippen LogP contribution >= 0.6 is 0 Å². The zero-order valence-corrected chi connectivity index (χ0v) is 11.7. The van der Waals surface area contributed by atoms with Crippen LogP contribution in [0.15, 0.2) is 54.6 Å². The molecule has 4 nitrogen and oxygen atoms in total. The van der Waals surface area contributed by atoms with Crippen molar-refractivity contribution in [2.24, 2.45) is 0 Å². The van der Waals surface area contributed by atoms with E-state index < -0.39 is 4.92 Å². The Morgan fingerprint density at radius 1 is 1.19 bits per heavy atom. The van der Waals surface area contributed by atoms with E-state index in [1.54, 1.807) is 30.3 Å². The van der Waals surface area contributed by atoms with Crippen LogP contribution in [0.5, 0.6) is 0 Å². The smallest absolute Gasteiger partial charge is 0.270 e. The van der Waals surface area contributed by atoms with Gasteiger partial charge in [-0.3, -0.25) is 14.9 Å².